The monoisotopic (exact) mass is 470 g/mol. The highest BCUT2D eigenvalue weighted by Gasteiger charge is 2.20. The molecule has 0 aliphatic carbocycles. The van der Waals surface area contributed by atoms with Crippen LogP contribution in [0.3, 0.4) is 0 Å². The molecular formula is C23H23FN4O6. The molecule has 3 aromatic rings. The smallest absolute Gasteiger partial charge is 0.359 e. The third-order valence-electron chi connectivity index (χ3n) is 5.05. The van der Waals surface area contributed by atoms with Crippen LogP contribution >= 0.6 is 0 Å². The molecule has 10 nitrogen and oxygen atoms in total. The molecule has 1 N–H and O–H groups in total. The van der Waals surface area contributed by atoms with Crippen LogP contribution in [-0.2, 0) is 16.1 Å². The van der Waals surface area contributed by atoms with E-state index >= 15 is 0 Å². The molecule has 0 saturated heterocycles. The van der Waals surface area contributed by atoms with Gasteiger partial charge in [-0.1, -0.05) is 44.4 Å². The molecule has 0 aliphatic heterocycles. The van der Waals surface area contributed by atoms with Gasteiger partial charge in [-0.05, 0) is 24.6 Å². The van der Waals surface area contributed by atoms with Crippen LogP contribution in [0.15, 0.2) is 47.3 Å². The highest BCUT2D eigenvalue weighted by atomic mass is 19.1. The number of halogens is 1. The van der Waals surface area contributed by atoms with Gasteiger partial charge in [0.05, 0.1) is 10.3 Å². The zero-order valence-electron chi connectivity index (χ0n) is 18.5. The van der Waals surface area contributed by atoms with E-state index in [1.807, 2.05) is 0 Å². The summed E-state index contributed by atoms with van der Waals surface area (Å²) in [6, 6.07) is 9.34. The fourth-order valence-electron chi connectivity index (χ4n) is 3.35. The summed E-state index contributed by atoms with van der Waals surface area (Å²) in [7, 11) is 0. The zero-order valence-corrected chi connectivity index (χ0v) is 18.5. The molecule has 34 heavy (non-hydrogen) atoms. The second-order valence-corrected chi connectivity index (χ2v) is 7.53. The van der Waals surface area contributed by atoms with Gasteiger partial charge in [0.25, 0.3) is 11.5 Å². The normalized spacial score (nSPS) is 10.8. The van der Waals surface area contributed by atoms with E-state index in [4.69, 9.17) is 4.74 Å². The van der Waals surface area contributed by atoms with E-state index in [2.05, 4.69) is 17.3 Å². The number of anilines is 1. The van der Waals surface area contributed by atoms with Gasteiger partial charge in [0.1, 0.15) is 0 Å². The molecular weight excluding hydrogens is 447 g/mol. The average molecular weight is 470 g/mol. The van der Waals surface area contributed by atoms with Crippen molar-refractivity contribution >= 4 is 34.0 Å². The summed E-state index contributed by atoms with van der Waals surface area (Å²) in [5.41, 5.74) is -1.25. The molecule has 0 unspecified atom stereocenters. The molecule has 1 aromatic heterocycles. The number of nitrogens with zero attached hydrogens (tertiary/aromatic N) is 3. The standard InChI is InChI=1S/C23H23FN4O6/c1-2-3-4-7-12-27-22(30)17-9-6-5-8-16(17)21(26-27)23(31)34-14-20(29)25-15-10-11-18(24)19(13-15)28(32)33/h5-6,8-11,13H,2-4,7,12,14H2,1H3,(H,25,29). The SMILES string of the molecule is CCCCCCn1nc(C(=O)OCC(=O)Nc2ccc(F)c([N+](=O)[O-])c2)c2ccccc2c1=O. The minimum Gasteiger partial charge on any atom is -0.451 e. The second-order valence-electron chi connectivity index (χ2n) is 7.53. The van der Waals surface area contributed by atoms with E-state index in [0.29, 0.717) is 17.3 Å². The quantitative estimate of drug-likeness (QED) is 0.206. The summed E-state index contributed by atoms with van der Waals surface area (Å²) in [4.78, 5) is 47.6. The lowest BCUT2D eigenvalue weighted by Crippen LogP contribution is -2.28. The van der Waals surface area contributed by atoms with Crippen molar-refractivity contribution in [2.45, 2.75) is 39.2 Å². The largest absolute Gasteiger partial charge is 0.451 e. The first-order valence-corrected chi connectivity index (χ1v) is 10.7. The number of esters is 1. The molecule has 0 radical (unpaired) electrons. The number of unbranched alkanes of at least 4 members (excludes halogenated alkanes) is 3. The van der Waals surface area contributed by atoms with E-state index in [9.17, 15) is 28.9 Å². The Labute approximate surface area is 193 Å². The molecule has 1 heterocycles. The lowest BCUT2D eigenvalue weighted by atomic mass is 10.1. The number of aryl methyl sites for hydroxylation is 1. The summed E-state index contributed by atoms with van der Waals surface area (Å²) in [6.45, 7) is 1.70. The van der Waals surface area contributed by atoms with Crippen LogP contribution in [0.25, 0.3) is 10.8 Å². The van der Waals surface area contributed by atoms with Crippen molar-refractivity contribution in [3.63, 3.8) is 0 Å². The van der Waals surface area contributed by atoms with Crippen molar-refractivity contribution in [2.24, 2.45) is 0 Å². The Hall–Kier alpha value is -4.15. The Balaban J connectivity index is 1.74. The number of nitro groups is 1. The number of amides is 1. The van der Waals surface area contributed by atoms with Crippen molar-refractivity contribution in [1.29, 1.82) is 0 Å². The van der Waals surface area contributed by atoms with Crippen molar-refractivity contribution < 1.29 is 23.6 Å². The highest BCUT2D eigenvalue weighted by Crippen LogP contribution is 2.21. The van der Waals surface area contributed by atoms with Crippen LogP contribution < -0.4 is 10.9 Å². The van der Waals surface area contributed by atoms with E-state index in [1.165, 1.54) is 4.68 Å². The fourth-order valence-corrected chi connectivity index (χ4v) is 3.35. The molecule has 11 heteroatoms. The van der Waals surface area contributed by atoms with Crippen molar-refractivity contribution in [1.82, 2.24) is 9.78 Å². The molecule has 3 rings (SSSR count). The maximum Gasteiger partial charge on any atom is 0.359 e. The lowest BCUT2D eigenvalue weighted by molar-refractivity contribution is -0.387. The number of carbonyl (C=O) groups is 2. The van der Waals surface area contributed by atoms with E-state index in [0.717, 1.165) is 43.9 Å². The maximum absolute atomic E-state index is 13.4. The van der Waals surface area contributed by atoms with Gasteiger partial charge in [-0.15, -0.1) is 0 Å². The Bertz CT molecular complexity index is 1290. The topological polar surface area (TPSA) is 133 Å². The van der Waals surface area contributed by atoms with Gasteiger partial charge in [0.15, 0.2) is 12.3 Å². The number of fused-ring (bicyclic) bond motifs is 1. The van der Waals surface area contributed by atoms with E-state index in [-0.39, 0.29) is 16.9 Å². The van der Waals surface area contributed by atoms with Crippen LogP contribution in [-0.4, -0.2) is 33.2 Å². The summed E-state index contributed by atoms with van der Waals surface area (Å²) in [6.07, 6.45) is 3.69. The molecule has 178 valence electrons. The summed E-state index contributed by atoms with van der Waals surface area (Å²) in [5, 5.41) is 17.9. The predicted molar refractivity (Wildman–Crippen MR) is 122 cm³/mol. The first-order valence-electron chi connectivity index (χ1n) is 10.7. The number of nitro benzene ring substituents is 1. The molecule has 0 spiro atoms. The molecule has 0 atom stereocenters. The number of benzene rings is 2. The number of ether oxygens (including phenoxy) is 1. The third kappa shape index (κ3) is 5.80. The van der Waals surface area contributed by atoms with E-state index in [1.54, 1.807) is 24.3 Å². The maximum atomic E-state index is 13.4. The van der Waals surface area contributed by atoms with Gasteiger partial charge in [0, 0.05) is 23.7 Å². The Morgan fingerprint density at radius 1 is 1.15 bits per heavy atom. The third-order valence-corrected chi connectivity index (χ3v) is 5.05. The number of aromatic nitrogens is 2. The number of hydrogen-bond donors (Lipinski definition) is 1. The molecule has 2 aromatic carbocycles. The Kier molecular flexibility index (Phi) is 8.01. The molecule has 1 amide bonds. The highest BCUT2D eigenvalue weighted by molar-refractivity contribution is 6.03. The molecule has 0 fully saturated rings. The number of hydrogen-bond acceptors (Lipinski definition) is 7. The van der Waals surface area contributed by atoms with Crippen LogP contribution in [0.4, 0.5) is 15.8 Å². The number of carbonyl (C=O) groups excluding carboxylic acids is 2. The zero-order chi connectivity index (χ0) is 24.7. The van der Waals surface area contributed by atoms with Crippen LogP contribution in [0, 0.1) is 15.9 Å². The average Bonchev–Trinajstić information content (AvgIpc) is 2.82. The molecule has 0 aliphatic rings. The van der Waals surface area contributed by atoms with Gasteiger partial charge in [-0.25, -0.2) is 9.48 Å². The minimum absolute atomic E-state index is 0.0293. The predicted octanol–water partition coefficient (Wildman–Crippen LogP) is 3.82. The van der Waals surface area contributed by atoms with Gasteiger partial charge in [-0.3, -0.25) is 19.7 Å². The summed E-state index contributed by atoms with van der Waals surface area (Å²) >= 11 is 0. The van der Waals surface area contributed by atoms with Gasteiger partial charge in [0.2, 0.25) is 5.82 Å². The number of nitrogens with one attached hydrogen (secondary N) is 1. The Morgan fingerprint density at radius 3 is 2.59 bits per heavy atom. The molecule has 0 saturated carbocycles. The van der Waals surface area contributed by atoms with Crippen LogP contribution in [0.5, 0.6) is 0 Å². The lowest BCUT2D eigenvalue weighted by Gasteiger charge is -2.11. The molecule has 0 bridgehead atoms. The van der Waals surface area contributed by atoms with Gasteiger partial charge >= 0.3 is 11.7 Å². The van der Waals surface area contributed by atoms with Crippen molar-refractivity contribution in [2.75, 3.05) is 11.9 Å². The fraction of sp³-hybridized carbons (Fsp3) is 0.304. The first kappa shape index (κ1) is 24.5. The van der Waals surface area contributed by atoms with Crippen molar-refractivity contribution in [3.05, 3.63) is 74.4 Å². The van der Waals surface area contributed by atoms with Gasteiger partial charge < -0.3 is 10.1 Å². The summed E-state index contributed by atoms with van der Waals surface area (Å²) < 4.78 is 19.8. The second kappa shape index (κ2) is 11.1. The van der Waals surface area contributed by atoms with Gasteiger partial charge in [-0.2, -0.15) is 9.49 Å². The Morgan fingerprint density at radius 2 is 1.88 bits per heavy atom. The van der Waals surface area contributed by atoms with Crippen LogP contribution in [0.1, 0.15) is 43.1 Å². The van der Waals surface area contributed by atoms with E-state index < -0.39 is 34.9 Å². The minimum atomic E-state index is -1.04. The first-order chi connectivity index (χ1) is 16.3. The summed E-state index contributed by atoms with van der Waals surface area (Å²) in [5.74, 6) is -2.73. The van der Waals surface area contributed by atoms with Crippen molar-refractivity contribution in [3.8, 4) is 0 Å². The van der Waals surface area contributed by atoms with Crippen LogP contribution in [0.2, 0.25) is 0 Å². The number of rotatable bonds is 10.